The summed E-state index contributed by atoms with van der Waals surface area (Å²) in [6.45, 7) is 2.09. The minimum Gasteiger partial charge on any atom is -0.495 e. The third-order valence-corrected chi connectivity index (χ3v) is 5.18. The molecule has 0 spiro atoms. The van der Waals surface area contributed by atoms with Crippen molar-refractivity contribution < 1.29 is 9.47 Å². The molecule has 0 fully saturated rings. The van der Waals surface area contributed by atoms with Crippen molar-refractivity contribution in [3.63, 3.8) is 0 Å². The largest absolute Gasteiger partial charge is 0.495 e. The van der Waals surface area contributed by atoms with Crippen LogP contribution in [0.3, 0.4) is 0 Å². The first-order chi connectivity index (χ1) is 9.10. The molecule has 1 aromatic heterocycles. The summed E-state index contributed by atoms with van der Waals surface area (Å²) < 4.78 is 10.7. The molecule has 0 radical (unpaired) electrons. The molecule has 0 saturated carbocycles. The number of rotatable bonds is 4. The molecule has 5 heteroatoms. The smallest absolute Gasteiger partial charge is 0.145 e. The van der Waals surface area contributed by atoms with Crippen molar-refractivity contribution in [2.75, 3.05) is 14.2 Å². The van der Waals surface area contributed by atoms with Gasteiger partial charge < -0.3 is 9.47 Å². The van der Waals surface area contributed by atoms with Crippen LogP contribution in [-0.4, -0.2) is 14.2 Å². The van der Waals surface area contributed by atoms with Crippen molar-refractivity contribution in [1.29, 1.82) is 0 Å². The molecule has 2 nitrogen and oxygen atoms in total. The zero-order chi connectivity index (χ0) is 14.0. The molecule has 1 atom stereocenters. The van der Waals surface area contributed by atoms with Crippen LogP contribution in [-0.2, 0) is 0 Å². The Morgan fingerprint density at radius 1 is 1.16 bits per heavy atom. The molecule has 19 heavy (non-hydrogen) atoms. The maximum absolute atomic E-state index is 6.29. The maximum Gasteiger partial charge on any atom is 0.145 e. The number of hydrogen-bond acceptors (Lipinski definition) is 3. The predicted molar refractivity (Wildman–Crippen MR) is 84.4 cm³/mol. The topological polar surface area (TPSA) is 18.5 Å². The SMILES string of the molecule is COc1ccc(C(Br)c2cscc2C)c(OC)c1Cl. The third kappa shape index (κ3) is 2.76. The summed E-state index contributed by atoms with van der Waals surface area (Å²) in [5.74, 6) is 1.26. The van der Waals surface area contributed by atoms with Crippen molar-refractivity contribution in [2.45, 2.75) is 11.8 Å². The molecule has 0 N–H and O–H groups in total. The Morgan fingerprint density at radius 2 is 1.89 bits per heavy atom. The predicted octanol–water partition coefficient (Wildman–Crippen LogP) is 5.21. The van der Waals surface area contributed by atoms with E-state index in [0.29, 0.717) is 16.5 Å². The number of hydrogen-bond donors (Lipinski definition) is 0. The summed E-state index contributed by atoms with van der Waals surface area (Å²) in [7, 11) is 3.21. The fraction of sp³-hybridized carbons (Fsp3) is 0.286. The number of aryl methyl sites for hydroxylation is 1. The molecule has 0 aliphatic rings. The van der Waals surface area contributed by atoms with Crippen molar-refractivity contribution in [1.82, 2.24) is 0 Å². The first-order valence-corrected chi connectivity index (χ1v) is 7.91. The Morgan fingerprint density at radius 3 is 2.42 bits per heavy atom. The van der Waals surface area contributed by atoms with E-state index in [9.17, 15) is 0 Å². The van der Waals surface area contributed by atoms with E-state index in [4.69, 9.17) is 21.1 Å². The summed E-state index contributed by atoms with van der Waals surface area (Å²) >= 11 is 11.7. The maximum atomic E-state index is 6.29. The average molecular weight is 362 g/mol. The van der Waals surface area contributed by atoms with Crippen molar-refractivity contribution in [3.8, 4) is 11.5 Å². The minimum absolute atomic E-state index is 0.0529. The Kier molecular flexibility index (Phi) is 4.76. The van der Waals surface area contributed by atoms with Gasteiger partial charge in [0.15, 0.2) is 0 Å². The summed E-state index contributed by atoms with van der Waals surface area (Å²) in [5.41, 5.74) is 3.47. The summed E-state index contributed by atoms with van der Waals surface area (Å²) in [6.07, 6.45) is 0. The minimum atomic E-state index is 0.0529. The molecule has 0 amide bonds. The van der Waals surface area contributed by atoms with E-state index in [-0.39, 0.29) is 4.83 Å². The van der Waals surface area contributed by atoms with E-state index in [1.807, 2.05) is 12.1 Å². The van der Waals surface area contributed by atoms with Crippen molar-refractivity contribution in [2.24, 2.45) is 0 Å². The van der Waals surface area contributed by atoms with Gasteiger partial charge in [0, 0.05) is 5.56 Å². The van der Waals surface area contributed by atoms with Gasteiger partial charge >= 0.3 is 0 Å². The Labute approximate surface area is 130 Å². The molecule has 1 heterocycles. The molecule has 2 rings (SSSR count). The second-order valence-electron chi connectivity index (χ2n) is 4.08. The molecule has 2 aromatic rings. The van der Waals surface area contributed by atoms with Gasteiger partial charge in [-0.05, 0) is 34.9 Å². The summed E-state index contributed by atoms with van der Waals surface area (Å²) in [5, 5.41) is 4.76. The van der Waals surface area contributed by atoms with Crippen LogP contribution in [0.15, 0.2) is 22.9 Å². The lowest BCUT2D eigenvalue weighted by atomic mass is 10.0. The van der Waals surface area contributed by atoms with Gasteiger partial charge in [-0.15, -0.1) is 0 Å². The van der Waals surface area contributed by atoms with Crippen LogP contribution in [0.2, 0.25) is 5.02 Å². The number of ether oxygens (including phenoxy) is 2. The number of methoxy groups -OCH3 is 2. The second kappa shape index (κ2) is 6.16. The molecule has 1 aromatic carbocycles. The van der Waals surface area contributed by atoms with Crippen LogP contribution >= 0.6 is 38.9 Å². The van der Waals surface area contributed by atoms with Crippen LogP contribution in [0, 0.1) is 6.92 Å². The van der Waals surface area contributed by atoms with E-state index in [2.05, 4.69) is 33.6 Å². The number of thiophene rings is 1. The highest BCUT2D eigenvalue weighted by molar-refractivity contribution is 9.09. The lowest BCUT2D eigenvalue weighted by Gasteiger charge is -2.17. The highest BCUT2D eigenvalue weighted by Crippen LogP contribution is 2.45. The average Bonchev–Trinajstić information content (AvgIpc) is 2.83. The van der Waals surface area contributed by atoms with Gasteiger partial charge in [0.2, 0.25) is 0 Å². The monoisotopic (exact) mass is 360 g/mol. The Hall–Kier alpha value is -0.710. The zero-order valence-corrected chi connectivity index (χ0v) is 14.0. The molecule has 0 aliphatic carbocycles. The summed E-state index contributed by atoms with van der Waals surface area (Å²) in [6, 6.07) is 3.83. The molecule has 0 bridgehead atoms. The molecular formula is C14H14BrClO2S. The standard InChI is InChI=1S/C14H14BrClO2S/c1-8-6-19-7-10(8)12(15)9-4-5-11(17-2)13(16)14(9)18-3/h4-7,12H,1-3H3. The molecule has 1 unspecified atom stereocenters. The molecule has 0 saturated heterocycles. The van der Waals surface area contributed by atoms with Gasteiger partial charge in [0.25, 0.3) is 0 Å². The lowest BCUT2D eigenvalue weighted by molar-refractivity contribution is 0.392. The quantitative estimate of drug-likeness (QED) is 0.696. The van der Waals surface area contributed by atoms with Crippen LogP contribution in [0.1, 0.15) is 21.5 Å². The van der Waals surface area contributed by atoms with Gasteiger partial charge in [-0.2, -0.15) is 11.3 Å². The third-order valence-electron chi connectivity index (χ3n) is 2.96. The lowest BCUT2D eigenvalue weighted by Crippen LogP contribution is -1.99. The van der Waals surface area contributed by atoms with Crippen LogP contribution in [0.4, 0.5) is 0 Å². The fourth-order valence-electron chi connectivity index (χ4n) is 1.92. The van der Waals surface area contributed by atoms with Gasteiger partial charge in [-0.25, -0.2) is 0 Å². The van der Waals surface area contributed by atoms with E-state index >= 15 is 0 Å². The van der Waals surface area contributed by atoms with E-state index in [1.165, 1.54) is 11.1 Å². The van der Waals surface area contributed by atoms with Gasteiger partial charge in [-0.1, -0.05) is 33.6 Å². The van der Waals surface area contributed by atoms with Crippen LogP contribution in [0.25, 0.3) is 0 Å². The van der Waals surface area contributed by atoms with Gasteiger partial charge in [0.1, 0.15) is 16.5 Å². The Bertz CT molecular complexity index is 583. The first-order valence-electron chi connectivity index (χ1n) is 5.67. The molecular weight excluding hydrogens is 348 g/mol. The highest BCUT2D eigenvalue weighted by Gasteiger charge is 2.21. The molecule has 102 valence electrons. The molecule has 0 aliphatic heterocycles. The second-order valence-corrected chi connectivity index (χ2v) is 6.11. The van der Waals surface area contributed by atoms with Crippen molar-refractivity contribution >= 4 is 38.9 Å². The van der Waals surface area contributed by atoms with E-state index < -0.39 is 0 Å². The van der Waals surface area contributed by atoms with Gasteiger partial charge in [-0.3, -0.25) is 0 Å². The van der Waals surface area contributed by atoms with Crippen LogP contribution in [0.5, 0.6) is 11.5 Å². The Balaban J connectivity index is 2.51. The van der Waals surface area contributed by atoms with E-state index in [1.54, 1.807) is 25.6 Å². The normalized spacial score (nSPS) is 12.3. The number of halogens is 2. The first kappa shape index (κ1) is 14.7. The summed E-state index contributed by atoms with van der Waals surface area (Å²) in [4.78, 5) is 0.0529. The number of benzene rings is 1. The van der Waals surface area contributed by atoms with Gasteiger partial charge in [0.05, 0.1) is 19.0 Å². The fourth-order valence-corrected chi connectivity index (χ4v) is 4.15. The number of alkyl halides is 1. The van der Waals surface area contributed by atoms with E-state index in [0.717, 1.165) is 5.56 Å². The van der Waals surface area contributed by atoms with Crippen LogP contribution < -0.4 is 9.47 Å². The van der Waals surface area contributed by atoms with Crippen molar-refractivity contribution in [3.05, 3.63) is 44.6 Å². The zero-order valence-electron chi connectivity index (χ0n) is 10.9. The highest BCUT2D eigenvalue weighted by atomic mass is 79.9.